The molecule has 4 aromatic rings. The summed E-state index contributed by atoms with van der Waals surface area (Å²) in [4.78, 5) is 30.8. The number of carboxylic acid groups (broad SMARTS) is 1. The molecular formula is C19H15FN4O4. The molecule has 0 amide bonds. The van der Waals surface area contributed by atoms with Crippen LogP contribution in [0.4, 0.5) is 10.2 Å². The number of aromatic carboxylic acids is 1. The SMILES string of the molecule is O=C(O)c1c(=O)c2cc(F)c(N3CCNCC3)nc2n2c1oc1ccccc12. The molecule has 0 unspecified atom stereocenters. The molecule has 1 fully saturated rings. The van der Waals surface area contributed by atoms with Gasteiger partial charge in [0.05, 0.1) is 10.9 Å². The molecule has 0 spiro atoms. The monoisotopic (exact) mass is 382 g/mol. The zero-order valence-corrected chi connectivity index (χ0v) is 14.6. The highest BCUT2D eigenvalue weighted by atomic mass is 19.1. The van der Waals surface area contributed by atoms with E-state index in [4.69, 9.17) is 4.42 Å². The predicted molar refractivity (Wildman–Crippen MR) is 101 cm³/mol. The van der Waals surface area contributed by atoms with Crippen molar-refractivity contribution in [1.29, 1.82) is 0 Å². The zero-order valence-electron chi connectivity index (χ0n) is 14.6. The van der Waals surface area contributed by atoms with Crippen molar-refractivity contribution in [2.24, 2.45) is 0 Å². The zero-order chi connectivity index (χ0) is 19.4. The largest absolute Gasteiger partial charge is 0.477 e. The molecule has 28 heavy (non-hydrogen) atoms. The topological polar surface area (TPSA) is 100 Å². The number of benzene rings is 1. The number of oxazole rings is 1. The summed E-state index contributed by atoms with van der Waals surface area (Å²) >= 11 is 0. The van der Waals surface area contributed by atoms with Crippen molar-refractivity contribution in [1.82, 2.24) is 14.7 Å². The maximum absolute atomic E-state index is 14.8. The lowest BCUT2D eigenvalue weighted by atomic mass is 10.1. The molecule has 0 atom stereocenters. The summed E-state index contributed by atoms with van der Waals surface area (Å²) in [6, 6.07) is 7.98. The fourth-order valence-electron chi connectivity index (χ4n) is 3.69. The van der Waals surface area contributed by atoms with E-state index in [1.54, 1.807) is 29.2 Å². The van der Waals surface area contributed by atoms with Crippen molar-refractivity contribution in [2.45, 2.75) is 0 Å². The number of fused-ring (bicyclic) bond motifs is 5. The van der Waals surface area contributed by atoms with Gasteiger partial charge in [-0.05, 0) is 18.2 Å². The summed E-state index contributed by atoms with van der Waals surface area (Å²) in [5.41, 5.74) is -0.344. The normalized spacial score (nSPS) is 15.0. The number of anilines is 1. The second-order valence-corrected chi connectivity index (χ2v) is 6.62. The Balaban J connectivity index is 1.95. The van der Waals surface area contributed by atoms with Crippen LogP contribution in [0.5, 0.6) is 0 Å². The van der Waals surface area contributed by atoms with Gasteiger partial charge in [0.15, 0.2) is 28.4 Å². The van der Waals surface area contributed by atoms with E-state index in [0.717, 1.165) is 6.07 Å². The van der Waals surface area contributed by atoms with Crippen molar-refractivity contribution in [3.05, 3.63) is 51.9 Å². The van der Waals surface area contributed by atoms with Crippen molar-refractivity contribution in [3.63, 3.8) is 0 Å². The summed E-state index contributed by atoms with van der Waals surface area (Å²) in [7, 11) is 0. The lowest BCUT2D eigenvalue weighted by molar-refractivity contribution is 0.0696. The number of nitrogens with one attached hydrogen (secondary N) is 1. The third-order valence-electron chi connectivity index (χ3n) is 4.98. The average Bonchev–Trinajstić information content (AvgIpc) is 3.07. The number of carboxylic acids is 1. The minimum Gasteiger partial charge on any atom is -0.477 e. The van der Waals surface area contributed by atoms with Crippen LogP contribution >= 0.6 is 0 Å². The Hall–Kier alpha value is -3.46. The summed E-state index contributed by atoms with van der Waals surface area (Å²) in [6.45, 7) is 2.54. The predicted octanol–water partition coefficient (Wildman–Crippen LogP) is 1.84. The van der Waals surface area contributed by atoms with Gasteiger partial charge in [0.25, 0.3) is 0 Å². The average molecular weight is 382 g/mol. The number of pyridine rings is 2. The maximum Gasteiger partial charge on any atom is 0.345 e. The first kappa shape index (κ1) is 16.7. The molecule has 2 N–H and O–H groups in total. The number of hydrogen-bond donors (Lipinski definition) is 2. The highest BCUT2D eigenvalue weighted by Gasteiger charge is 2.26. The number of carbonyl (C=O) groups is 1. The number of aromatic nitrogens is 2. The fourth-order valence-corrected chi connectivity index (χ4v) is 3.69. The van der Waals surface area contributed by atoms with E-state index in [1.807, 2.05) is 0 Å². The molecule has 0 saturated carbocycles. The van der Waals surface area contributed by atoms with Gasteiger partial charge in [0.1, 0.15) is 0 Å². The van der Waals surface area contributed by atoms with E-state index in [-0.39, 0.29) is 22.6 Å². The highest BCUT2D eigenvalue weighted by molar-refractivity contribution is 6.01. The second kappa shape index (κ2) is 6.03. The minimum atomic E-state index is -1.44. The van der Waals surface area contributed by atoms with E-state index in [9.17, 15) is 19.1 Å². The molecule has 0 aliphatic carbocycles. The quantitative estimate of drug-likeness (QED) is 0.546. The lowest BCUT2D eigenvalue weighted by Gasteiger charge is -2.28. The third-order valence-corrected chi connectivity index (χ3v) is 4.98. The molecule has 1 saturated heterocycles. The van der Waals surface area contributed by atoms with E-state index >= 15 is 0 Å². The van der Waals surface area contributed by atoms with E-state index < -0.39 is 22.8 Å². The molecule has 1 aromatic carbocycles. The molecule has 5 rings (SSSR count). The summed E-state index contributed by atoms with van der Waals surface area (Å²) < 4.78 is 22.0. The first-order valence-corrected chi connectivity index (χ1v) is 8.81. The molecule has 142 valence electrons. The fraction of sp³-hybridized carbons (Fsp3) is 0.211. The van der Waals surface area contributed by atoms with Crippen LogP contribution in [0.15, 0.2) is 39.5 Å². The van der Waals surface area contributed by atoms with Crippen molar-refractivity contribution < 1.29 is 18.7 Å². The Morgan fingerprint density at radius 3 is 2.75 bits per heavy atom. The number of nitrogens with zero attached hydrogens (tertiary/aromatic N) is 3. The van der Waals surface area contributed by atoms with Crippen molar-refractivity contribution in [3.8, 4) is 0 Å². The summed E-state index contributed by atoms with van der Waals surface area (Å²) in [5.74, 6) is -1.96. The van der Waals surface area contributed by atoms with Crippen LogP contribution in [-0.4, -0.2) is 46.6 Å². The van der Waals surface area contributed by atoms with E-state index in [2.05, 4.69) is 10.3 Å². The summed E-state index contributed by atoms with van der Waals surface area (Å²) in [6.07, 6.45) is 0. The number of rotatable bonds is 2. The van der Waals surface area contributed by atoms with Crippen molar-refractivity contribution in [2.75, 3.05) is 31.1 Å². The maximum atomic E-state index is 14.8. The Bertz CT molecular complexity index is 1320. The van der Waals surface area contributed by atoms with Crippen LogP contribution in [0.1, 0.15) is 10.4 Å². The summed E-state index contributed by atoms with van der Waals surface area (Å²) in [5, 5.41) is 12.7. The van der Waals surface area contributed by atoms with Gasteiger partial charge in [-0.2, -0.15) is 0 Å². The third kappa shape index (κ3) is 2.29. The Kier molecular flexibility index (Phi) is 3.59. The van der Waals surface area contributed by atoms with Gasteiger partial charge in [0, 0.05) is 26.2 Å². The Morgan fingerprint density at radius 1 is 1.25 bits per heavy atom. The number of piperazine rings is 1. The van der Waals surface area contributed by atoms with Crippen LogP contribution in [-0.2, 0) is 0 Å². The molecule has 0 bridgehead atoms. The molecule has 8 nitrogen and oxygen atoms in total. The molecular weight excluding hydrogens is 367 g/mol. The van der Waals surface area contributed by atoms with Crippen LogP contribution < -0.4 is 15.6 Å². The molecule has 4 heterocycles. The number of para-hydroxylation sites is 2. The molecule has 1 aliphatic rings. The van der Waals surface area contributed by atoms with Gasteiger partial charge >= 0.3 is 5.97 Å². The van der Waals surface area contributed by atoms with Gasteiger partial charge < -0.3 is 19.7 Å². The molecule has 1 aliphatic heterocycles. The standard InChI is InChI=1S/C19H15FN4O4/c20-11-9-10-15(25)14(19(26)27)18-24(12-3-1-2-4-13(12)28-18)16(10)22-17(11)23-7-5-21-6-8-23/h1-4,9,21H,5-8H2,(H,26,27). The molecule has 0 radical (unpaired) electrons. The van der Waals surface area contributed by atoms with Gasteiger partial charge in [-0.1, -0.05) is 12.1 Å². The molecule has 9 heteroatoms. The Morgan fingerprint density at radius 2 is 2.00 bits per heavy atom. The van der Waals surface area contributed by atoms with Gasteiger partial charge in [-0.25, -0.2) is 14.2 Å². The Labute approximate surface area is 156 Å². The van der Waals surface area contributed by atoms with Crippen molar-refractivity contribution >= 4 is 39.6 Å². The number of hydrogen-bond acceptors (Lipinski definition) is 6. The minimum absolute atomic E-state index is 0.0992. The van der Waals surface area contributed by atoms with Gasteiger partial charge in [0.2, 0.25) is 11.1 Å². The highest BCUT2D eigenvalue weighted by Crippen LogP contribution is 2.28. The smallest absolute Gasteiger partial charge is 0.345 e. The second-order valence-electron chi connectivity index (χ2n) is 6.62. The first-order valence-electron chi connectivity index (χ1n) is 8.81. The van der Waals surface area contributed by atoms with E-state index in [1.165, 1.54) is 4.40 Å². The van der Waals surface area contributed by atoms with E-state index in [0.29, 0.717) is 37.3 Å². The molecule has 3 aromatic heterocycles. The van der Waals surface area contributed by atoms with Crippen LogP contribution in [0.25, 0.3) is 27.8 Å². The van der Waals surface area contributed by atoms with Gasteiger partial charge in [-0.3, -0.25) is 9.20 Å². The van der Waals surface area contributed by atoms with Crippen LogP contribution in [0, 0.1) is 5.82 Å². The van der Waals surface area contributed by atoms with Crippen LogP contribution in [0.3, 0.4) is 0 Å². The van der Waals surface area contributed by atoms with Gasteiger partial charge in [-0.15, -0.1) is 0 Å². The first-order chi connectivity index (χ1) is 13.6. The van der Waals surface area contributed by atoms with Crippen LogP contribution in [0.2, 0.25) is 0 Å². The lowest BCUT2D eigenvalue weighted by Crippen LogP contribution is -2.44. The number of halogens is 1.